The van der Waals surface area contributed by atoms with Gasteiger partial charge in [-0.2, -0.15) is 5.10 Å². The van der Waals surface area contributed by atoms with Crippen LogP contribution < -0.4 is 5.73 Å². The van der Waals surface area contributed by atoms with Crippen LogP contribution >= 0.6 is 11.8 Å². The highest BCUT2D eigenvalue weighted by atomic mass is 32.2. The Morgan fingerprint density at radius 2 is 2.22 bits per heavy atom. The second-order valence-electron chi connectivity index (χ2n) is 3.75. The normalized spacial score (nSPS) is 12.7. The third-order valence-corrected chi connectivity index (χ3v) is 3.57. The minimum absolute atomic E-state index is 0.171. The zero-order chi connectivity index (χ0) is 13.1. The molecule has 0 spiro atoms. The number of hydrogen-bond acceptors (Lipinski definition) is 4. The number of thioether (sulfide) groups is 1. The number of halogens is 2. The largest absolute Gasteiger partial charge is 0.323 e. The van der Waals surface area contributed by atoms with Crippen molar-refractivity contribution < 1.29 is 8.78 Å². The summed E-state index contributed by atoms with van der Waals surface area (Å²) < 4.78 is 28.1. The molecule has 0 aliphatic carbocycles. The van der Waals surface area contributed by atoms with Crippen molar-refractivity contribution in [1.82, 2.24) is 14.8 Å². The molecule has 1 aromatic carbocycles. The Morgan fingerprint density at radius 3 is 2.89 bits per heavy atom. The summed E-state index contributed by atoms with van der Waals surface area (Å²) in [5, 5.41) is 4.59. The van der Waals surface area contributed by atoms with Gasteiger partial charge in [0.05, 0.1) is 0 Å². The lowest BCUT2D eigenvalue weighted by atomic mass is 10.1. The molecule has 2 rings (SSSR count). The summed E-state index contributed by atoms with van der Waals surface area (Å²) in [4.78, 5) is 4.01. The van der Waals surface area contributed by atoms with Crippen LogP contribution in [0.4, 0.5) is 8.78 Å². The fraction of sp³-hybridized carbons (Fsp3) is 0.273. The van der Waals surface area contributed by atoms with Gasteiger partial charge < -0.3 is 5.73 Å². The molecule has 0 aliphatic rings. The number of rotatable bonds is 4. The Bertz CT molecular complexity index is 544. The topological polar surface area (TPSA) is 56.7 Å². The van der Waals surface area contributed by atoms with E-state index in [1.807, 2.05) is 0 Å². The van der Waals surface area contributed by atoms with E-state index in [1.54, 1.807) is 11.7 Å². The second-order valence-corrected chi connectivity index (χ2v) is 4.74. The van der Waals surface area contributed by atoms with Crippen LogP contribution in [0.25, 0.3) is 0 Å². The zero-order valence-electron chi connectivity index (χ0n) is 9.68. The van der Waals surface area contributed by atoms with E-state index in [-0.39, 0.29) is 5.56 Å². The van der Waals surface area contributed by atoms with Gasteiger partial charge in [-0.05, 0) is 18.2 Å². The standard InChI is InChI=1S/C11H12F2N4S/c1-17-11(15-6-16-17)18-5-10(14)8-4-7(12)2-3-9(8)13/h2-4,6,10H,5,14H2,1H3. The first-order chi connectivity index (χ1) is 8.58. The SMILES string of the molecule is Cn1ncnc1SCC(N)c1cc(F)ccc1F. The van der Waals surface area contributed by atoms with Crippen molar-refractivity contribution >= 4 is 11.8 Å². The molecule has 18 heavy (non-hydrogen) atoms. The van der Waals surface area contributed by atoms with Gasteiger partial charge in [0.15, 0.2) is 5.16 Å². The number of hydrogen-bond donors (Lipinski definition) is 1. The Hall–Kier alpha value is -1.47. The number of aryl methyl sites for hydroxylation is 1. The van der Waals surface area contributed by atoms with Crippen molar-refractivity contribution in [3.8, 4) is 0 Å². The molecule has 0 amide bonds. The van der Waals surface area contributed by atoms with Crippen molar-refractivity contribution in [2.45, 2.75) is 11.2 Å². The maximum atomic E-state index is 13.5. The molecule has 96 valence electrons. The van der Waals surface area contributed by atoms with Crippen molar-refractivity contribution in [2.75, 3.05) is 5.75 Å². The molecule has 0 saturated heterocycles. The van der Waals surface area contributed by atoms with E-state index in [0.29, 0.717) is 10.9 Å². The lowest BCUT2D eigenvalue weighted by Gasteiger charge is -2.12. The minimum atomic E-state index is -0.595. The van der Waals surface area contributed by atoms with E-state index in [2.05, 4.69) is 10.1 Å². The number of aromatic nitrogens is 3. The fourth-order valence-corrected chi connectivity index (χ4v) is 2.33. The number of nitrogens with zero attached hydrogens (tertiary/aromatic N) is 3. The maximum absolute atomic E-state index is 13.5. The van der Waals surface area contributed by atoms with Crippen molar-refractivity contribution in [1.29, 1.82) is 0 Å². The second kappa shape index (κ2) is 5.45. The van der Waals surface area contributed by atoms with Gasteiger partial charge in [-0.3, -0.25) is 0 Å². The molecule has 0 bridgehead atoms. The smallest absolute Gasteiger partial charge is 0.185 e. The van der Waals surface area contributed by atoms with Gasteiger partial charge in [0.1, 0.15) is 18.0 Å². The van der Waals surface area contributed by atoms with Crippen LogP contribution in [0.2, 0.25) is 0 Å². The van der Waals surface area contributed by atoms with Crippen LogP contribution in [0.3, 0.4) is 0 Å². The molecule has 1 aromatic heterocycles. The van der Waals surface area contributed by atoms with E-state index < -0.39 is 17.7 Å². The molecule has 0 fully saturated rings. The first-order valence-corrected chi connectivity index (χ1v) is 6.24. The van der Waals surface area contributed by atoms with Gasteiger partial charge in [-0.25, -0.2) is 18.4 Å². The molecule has 2 aromatic rings. The molecule has 0 saturated carbocycles. The first kappa shape index (κ1) is 13.0. The average Bonchev–Trinajstić information content (AvgIpc) is 2.75. The summed E-state index contributed by atoms with van der Waals surface area (Å²) in [6, 6.07) is 2.68. The zero-order valence-corrected chi connectivity index (χ0v) is 10.5. The highest BCUT2D eigenvalue weighted by Crippen LogP contribution is 2.23. The Morgan fingerprint density at radius 1 is 1.44 bits per heavy atom. The van der Waals surface area contributed by atoms with E-state index in [0.717, 1.165) is 18.2 Å². The quantitative estimate of drug-likeness (QED) is 0.862. The summed E-state index contributed by atoms with van der Waals surface area (Å²) in [7, 11) is 1.75. The van der Waals surface area contributed by atoms with Gasteiger partial charge in [-0.1, -0.05) is 11.8 Å². The van der Waals surface area contributed by atoms with Crippen LogP contribution in [0, 0.1) is 11.6 Å². The third kappa shape index (κ3) is 2.85. The molecule has 1 unspecified atom stereocenters. The Kier molecular flexibility index (Phi) is 3.93. The van der Waals surface area contributed by atoms with Gasteiger partial charge in [-0.15, -0.1) is 0 Å². The number of nitrogens with two attached hydrogens (primary N) is 1. The monoisotopic (exact) mass is 270 g/mol. The van der Waals surface area contributed by atoms with Crippen LogP contribution in [-0.2, 0) is 7.05 Å². The molecule has 7 heteroatoms. The predicted molar refractivity (Wildman–Crippen MR) is 65.0 cm³/mol. The third-order valence-electron chi connectivity index (χ3n) is 2.42. The van der Waals surface area contributed by atoms with Gasteiger partial charge >= 0.3 is 0 Å². The van der Waals surface area contributed by atoms with Gasteiger partial charge in [0.25, 0.3) is 0 Å². The fourth-order valence-electron chi connectivity index (χ4n) is 1.47. The maximum Gasteiger partial charge on any atom is 0.185 e. The van der Waals surface area contributed by atoms with E-state index in [9.17, 15) is 8.78 Å². The molecule has 2 N–H and O–H groups in total. The summed E-state index contributed by atoms with van der Waals surface area (Å²) in [6.07, 6.45) is 1.43. The van der Waals surface area contributed by atoms with Crippen molar-refractivity contribution in [3.05, 3.63) is 41.7 Å². The molecular formula is C11H12F2N4S. The Balaban J connectivity index is 2.06. The molecule has 0 radical (unpaired) electrons. The molecular weight excluding hydrogens is 258 g/mol. The average molecular weight is 270 g/mol. The summed E-state index contributed by atoms with van der Waals surface area (Å²) in [6.45, 7) is 0. The van der Waals surface area contributed by atoms with E-state index in [1.165, 1.54) is 18.1 Å². The van der Waals surface area contributed by atoms with Crippen molar-refractivity contribution in [3.63, 3.8) is 0 Å². The van der Waals surface area contributed by atoms with Gasteiger partial charge in [0.2, 0.25) is 0 Å². The van der Waals surface area contributed by atoms with E-state index in [4.69, 9.17) is 5.73 Å². The predicted octanol–water partition coefficient (Wildman–Crippen LogP) is 1.89. The highest BCUT2D eigenvalue weighted by molar-refractivity contribution is 7.99. The van der Waals surface area contributed by atoms with Crippen LogP contribution in [0.15, 0.2) is 29.7 Å². The Labute approximate surface area is 107 Å². The summed E-state index contributed by atoms with van der Waals surface area (Å²) >= 11 is 1.35. The highest BCUT2D eigenvalue weighted by Gasteiger charge is 2.14. The number of benzene rings is 1. The molecule has 4 nitrogen and oxygen atoms in total. The van der Waals surface area contributed by atoms with Gasteiger partial charge in [0, 0.05) is 24.4 Å². The first-order valence-electron chi connectivity index (χ1n) is 5.25. The summed E-state index contributed by atoms with van der Waals surface area (Å²) in [5.74, 6) is -0.597. The van der Waals surface area contributed by atoms with Crippen LogP contribution in [0.1, 0.15) is 11.6 Å². The van der Waals surface area contributed by atoms with Crippen molar-refractivity contribution in [2.24, 2.45) is 12.8 Å². The molecule has 0 aliphatic heterocycles. The minimum Gasteiger partial charge on any atom is -0.323 e. The summed E-state index contributed by atoms with van der Waals surface area (Å²) in [5.41, 5.74) is 6.02. The van der Waals surface area contributed by atoms with E-state index >= 15 is 0 Å². The van der Waals surface area contributed by atoms with Crippen LogP contribution in [0.5, 0.6) is 0 Å². The lowest BCUT2D eigenvalue weighted by molar-refractivity contribution is 0.573. The lowest BCUT2D eigenvalue weighted by Crippen LogP contribution is -2.15. The van der Waals surface area contributed by atoms with Crippen LogP contribution in [-0.4, -0.2) is 20.5 Å². The molecule has 1 heterocycles. The molecule has 1 atom stereocenters.